The summed E-state index contributed by atoms with van der Waals surface area (Å²) in [5, 5.41) is 16.2. The van der Waals surface area contributed by atoms with E-state index in [4.69, 9.17) is 0 Å². The van der Waals surface area contributed by atoms with Gasteiger partial charge in [0.15, 0.2) is 0 Å². The molecule has 1 saturated heterocycles. The molecular formula is C13H19N3O3S. The minimum absolute atomic E-state index is 0.159. The summed E-state index contributed by atoms with van der Waals surface area (Å²) in [5.74, 6) is -0.175. The first-order valence-electron chi connectivity index (χ1n) is 6.55. The fourth-order valence-electron chi connectivity index (χ4n) is 2.34. The first-order valence-corrected chi connectivity index (χ1v) is 7.70. The third kappa shape index (κ3) is 2.54. The zero-order chi connectivity index (χ0) is 14.9. The third-order valence-corrected chi connectivity index (χ3v) is 4.75. The van der Waals surface area contributed by atoms with Gasteiger partial charge in [0.1, 0.15) is 5.54 Å². The highest BCUT2D eigenvalue weighted by molar-refractivity contribution is 7.99. The highest BCUT2D eigenvalue weighted by Crippen LogP contribution is 2.29. The molecule has 0 aromatic carbocycles. The van der Waals surface area contributed by atoms with Crippen molar-refractivity contribution in [3.05, 3.63) is 17.5 Å². The third-order valence-electron chi connectivity index (χ3n) is 3.56. The summed E-state index contributed by atoms with van der Waals surface area (Å²) >= 11 is 1.54. The number of carbonyl (C=O) groups excluding carboxylic acids is 1. The van der Waals surface area contributed by atoms with Crippen molar-refractivity contribution in [2.24, 2.45) is 0 Å². The first-order chi connectivity index (χ1) is 9.37. The van der Waals surface area contributed by atoms with Gasteiger partial charge < -0.3 is 10.4 Å². The zero-order valence-electron chi connectivity index (χ0n) is 11.8. The number of aromatic nitrogens is 2. The van der Waals surface area contributed by atoms with Crippen LogP contribution in [0.3, 0.4) is 0 Å². The number of amides is 1. The molecule has 1 fully saturated rings. The number of hydrogen-bond acceptors (Lipinski definition) is 4. The van der Waals surface area contributed by atoms with Gasteiger partial charge in [-0.2, -0.15) is 16.9 Å². The highest BCUT2D eigenvalue weighted by atomic mass is 32.2. The molecule has 0 spiro atoms. The molecule has 20 heavy (non-hydrogen) atoms. The van der Waals surface area contributed by atoms with Gasteiger partial charge in [-0.05, 0) is 32.9 Å². The maximum absolute atomic E-state index is 12.3. The molecule has 1 aromatic heterocycles. The van der Waals surface area contributed by atoms with E-state index in [1.807, 2.05) is 20.8 Å². The molecule has 7 heteroatoms. The Bertz CT molecular complexity index is 533. The summed E-state index contributed by atoms with van der Waals surface area (Å²) in [6.07, 6.45) is 1.96. The van der Waals surface area contributed by atoms with Crippen LogP contribution in [-0.2, 0) is 4.79 Å². The van der Waals surface area contributed by atoms with Crippen LogP contribution >= 0.6 is 11.8 Å². The second-order valence-corrected chi connectivity index (χ2v) is 6.43. The normalized spacial score (nSPS) is 22.2. The number of rotatable bonds is 4. The van der Waals surface area contributed by atoms with Gasteiger partial charge in [0.2, 0.25) is 0 Å². The van der Waals surface area contributed by atoms with Crippen LogP contribution in [0.15, 0.2) is 6.20 Å². The quantitative estimate of drug-likeness (QED) is 0.879. The summed E-state index contributed by atoms with van der Waals surface area (Å²) in [4.78, 5) is 23.8. The molecule has 1 aromatic rings. The maximum atomic E-state index is 12.3. The number of carboxylic acid groups (broad SMARTS) is 1. The molecule has 2 N–H and O–H groups in total. The molecule has 0 bridgehead atoms. The predicted octanol–water partition coefficient (Wildman–Crippen LogP) is 1.46. The van der Waals surface area contributed by atoms with E-state index in [0.717, 1.165) is 11.4 Å². The number of carbonyl (C=O) groups is 2. The summed E-state index contributed by atoms with van der Waals surface area (Å²) in [6.45, 7) is 5.78. The van der Waals surface area contributed by atoms with Gasteiger partial charge in [-0.1, -0.05) is 0 Å². The smallest absolute Gasteiger partial charge is 0.330 e. The van der Waals surface area contributed by atoms with Crippen molar-refractivity contribution >= 4 is 23.6 Å². The van der Waals surface area contributed by atoms with E-state index in [9.17, 15) is 14.7 Å². The lowest BCUT2D eigenvalue weighted by Crippen LogP contribution is -2.54. The van der Waals surface area contributed by atoms with Crippen LogP contribution in [-0.4, -0.2) is 43.8 Å². The van der Waals surface area contributed by atoms with Crippen molar-refractivity contribution in [1.82, 2.24) is 15.1 Å². The molecule has 110 valence electrons. The maximum Gasteiger partial charge on any atom is 0.330 e. The monoisotopic (exact) mass is 297 g/mol. The summed E-state index contributed by atoms with van der Waals surface area (Å²) in [7, 11) is 0. The summed E-state index contributed by atoms with van der Waals surface area (Å²) in [5.41, 5.74) is 0.0496. The molecule has 1 amide bonds. The van der Waals surface area contributed by atoms with Crippen LogP contribution < -0.4 is 5.32 Å². The van der Waals surface area contributed by atoms with Gasteiger partial charge in [0.25, 0.3) is 5.91 Å². The lowest BCUT2D eigenvalue weighted by Gasteiger charge is -2.24. The Morgan fingerprint density at radius 2 is 2.25 bits per heavy atom. The van der Waals surface area contributed by atoms with E-state index < -0.39 is 11.5 Å². The van der Waals surface area contributed by atoms with Crippen molar-refractivity contribution in [2.75, 3.05) is 11.5 Å². The molecule has 2 heterocycles. The van der Waals surface area contributed by atoms with Crippen LogP contribution in [0, 0.1) is 6.92 Å². The molecule has 1 unspecified atom stereocenters. The van der Waals surface area contributed by atoms with Crippen LogP contribution in [0.25, 0.3) is 0 Å². The average Bonchev–Trinajstić information content (AvgIpc) is 2.96. The average molecular weight is 297 g/mol. The highest BCUT2D eigenvalue weighted by Gasteiger charge is 2.43. The summed E-state index contributed by atoms with van der Waals surface area (Å²) in [6, 6.07) is 0.159. The molecule has 0 radical (unpaired) electrons. The Kier molecular flexibility index (Phi) is 4.08. The predicted molar refractivity (Wildman–Crippen MR) is 77.1 cm³/mol. The van der Waals surface area contributed by atoms with Gasteiger partial charge in [-0.15, -0.1) is 0 Å². The number of nitrogens with one attached hydrogen (secondary N) is 1. The molecule has 1 aliphatic heterocycles. The number of carboxylic acids is 1. The number of nitrogens with zero attached hydrogens (tertiary/aromatic N) is 2. The van der Waals surface area contributed by atoms with E-state index in [1.165, 1.54) is 6.20 Å². The van der Waals surface area contributed by atoms with Crippen LogP contribution in [0.5, 0.6) is 0 Å². The topological polar surface area (TPSA) is 84.2 Å². The van der Waals surface area contributed by atoms with Gasteiger partial charge in [-0.3, -0.25) is 9.48 Å². The first kappa shape index (κ1) is 14.9. The molecule has 6 nitrogen and oxygen atoms in total. The van der Waals surface area contributed by atoms with Gasteiger partial charge in [0.05, 0.1) is 11.8 Å². The Hall–Kier alpha value is -1.50. The Balaban J connectivity index is 2.22. The zero-order valence-corrected chi connectivity index (χ0v) is 12.7. The van der Waals surface area contributed by atoms with E-state index in [-0.39, 0.29) is 11.9 Å². The standard InChI is InChI=1S/C13H19N3O3S/c1-8(2)16-9(3)10(6-14-16)11(17)15-13(12(18)19)4-5-20-7-13/h6,8H,4-5,7H2,1-3H3,(H,15,17)(H,18,19). The van der Waals surface area contributed by atoms with Crippen molar-refractivity contribution in [1.29, 1.82) is 0 Å². The minimum atomic E-state index is -1.14. The van der Waals surface area contributed by atoms with Crippen molar-refractivity contribution in [3.8, 4) is 0 Å². The molecule has 1 aliphatic rings. The van der Waals surface area contributed by atoms with Crippen LogP contribution in [0.4, 0.5) is 0 Å². The lowest BCUT2D eigenvalue weighted by molar-refractivity contribution is -0.143. The molecule has 0 aliphatic carbocycles. The summed E-state index contributed by atoms with van der Waals surface area (Å²) < 4.78 is 1.76. The fourth-order valence-corrected chi connectivity index (χ4v) is 3.66. The second-order valence-electron chi connectivity index (χ2n) is 5.33. The fraction of sp³-hybridized carbons (Fsp3) is 0.615. The van der Waals surface area contributed by atoms with E-state index in [2.05, 4.69) is 10.4 Å². The molecule has 1 atom stereocenters. The van der Waals surface area contributed by atoms with Crippen molar-refractivity contribution in [2.45, 2.75) is 38.8 Å². The molecule has 0 saturated carbocycles. The van der Waals surface area contributed by atoms with E-state index in [0.29, 0.717) is 17.7 Å². The Morgan fingerprint density at radius 3 is 2.70 bits per heavy atom. The van der Waals surface area contributed by atoms with E-state index >= 15 is 0 Å². The minimum Gasteiger partial charge on any atom is -0.479 e. The lowest BCUT2D eigenvalue weighted by atomic mass is 9.98. The second kappa shape index (κ2) is 5.47. The van der Waals surface area contributed by atoms with Gasteiger partial charge in [0, 0.05) is 17.5 Å². The van der Waals surface area contributed by atoms with E-state index in [1.54, 1.807) is 16.4 Å². The SMILES string of the molecule is Cc1c(C(=O)NC2(C(=O)O)CCSC2)cnn1C(C)C. The Morgan fingerprint density at radius 1 is 1.55 bits per heavy atom. The van der Waals surface area contributed by atoms with Crippen LogP contribution in [0.2, 0.25) is 0 Å². The van der Waals surface area contributed by atoms with Crippen molar-refractivity contribution < 1.29 is 14.7 Å². The molecule has 2 rings (SSSR count). The Labute approximate surface area is 121 Å². The van der Waals surface area contributed by atoms with Gasteiger partial charge in [-0.25, -0.2) is 4.79 Å². The van der Waals surface area contributed by atoms with Crippen molar-refractivity contribution in [3.63, 3.8) is 0 Å². The number of thioether (sulfide) groups is 1. The van der Waals surface area contributed by atoms with Crippen LogP contribution in [0.1, 0.15) is 42.4 Å². The van der Waals surface area contributed by atoms with Gasteiger partial charge >= 0.3 is 5.97 Å². The number of aliphatic carboxylic acids is 1. The number of hydrogen-bond donors (Lipinski definition) is 2. The molecular weight excluding hydrogens is 278 g/mol. The largest absolute Gasteiger partial charge is 0.479 e.